The molecule has 0 fully saturated rings. The number of sulfonamides is 1. The fraction of sp³-hybridized carbons (Fsp3) is 0.188. The van der Waals surface area contributed by atoms with Gasteiger partial charge in [-0.15, -0.1) is 10.2 Å². The zero-order valence-electron chi connectivity index (χ0n) is 13.0. The van der Waals surface area contributed by atoms with Crippen LogP contribution in [0.2, 0.25) is 0 Å². The molecule has 3 aromatic rings. The summed E-state index contributed by atoms with van der Waals surface area (Å²) < 4.78 is 32.6. The van der Waals surface area contributed by atoms with Crippen LogP contribution in [0.15, 0.2) is 58.1 Å². The van der Waals surface area contributed by atoms with Crippen molar-refractivity contribution >= 4 is 10.0 Å². The van der Waals surface area contributed by atoms with Crippen molar-refractivity contribution in [3.8, 4) is 11.5 Å². The van der Waals surface area contributed by atoms with E-state index in [-0.39, 0.29) is 11.4 Å². The van der Waals surface area contributed by atoms with Gasteiger partial charge < -0.3 is 4.42 Å². The molecule has 7 nitrogen and oxygen atoms in total. The number of benzene rings is 1. The quantitative estimate of drug-likeness (QED) is 0.734. The second kappa shape index (κ2) is 6.90. The van der Waals surface area contributed by atoms with Gasteiger partial charge in [-0.2, -0.15) is 0 Å². The van der Waals surface area contributed by atoms with Crippen molar-refractivity contribution in [3.63, 3.8) is 0 Å². The lowest BCUT2D eigenvalue weighted by molar-refractivity contribution is 0.502. The molecule has 0 unspecified atom stereocenters. The summed E-state index contributed by atoms with van der Waals surface area (Å²) in [5.41, 5.74) is 1.46. The Bertz CT molecular complexity index is 923. The van der Waals surface area contributed by atoms with Gasteiger partial charge in [0.05, 0.1) is 4.90 Å². The fourth-order valence-electron chi connectivity index (χ4n) is 2.19. The van der Waals surface area contributed by atoms with Gasteiger partial charge in [0.2, 0.25) is 21.8 Å². The molecule has 0 aliphatic heterocycles. The lowest BCUT2D eigenvalue weighted by Crippen LogP contribution is -2.26. The summed E-state index contributed by atoms with van der Waals surface area (Å²) >= 11 is 0. The van der Waals surface area contributed by atoms with E-state index in [0.717, 1.165) is 5.56 Å². The molecular weight excluding hydrogens is 328 g/mol. The molecule has 1 aromatic carbocycles. The Kier molecular flexibility index (Phi) is 4.68. The summed E-state index contributed by atoms with van der Waals surface area (Å²) in [7, 11) is -3.55. The first-order valence-corrected chi connectivity index (χ1v) is 8.83. The summed E-state index contributed by atoms with van der Waals surface area (Å²) in [6.45, 7) is 1.93. The van der Waals surface area contributed by atoms with Crippen molar-refractivity contribution in [2.45, 2.75) is 18.2 Å². The van der Waals surface area contributed by atoms with E-state index in [9.17, 15) is 8.42 Å². The molecule has 0 aliphatic carbocycles. The normalized spacial score (nSPS) is 11.5. The highest BCUT2D eigenvalue weighted by Crippen LogP contribution is 2.17. The maximum atomic E-state index is 12.3. The second-order valence-corrected chi connectivity index (χ2v) is 6.89. The third kappa shape index (κ3) is 3.66. The first-order valence-electron chi connectivity index (χ1n) is 7.34. The van der Waals surface area contributed by atoms with Crippen molar-refractivity contribution in [1.29, 1.82) is 0 Å². The molecule has 0 radical (unpaired) electrons. The minimum Gasteiger partial charge on any atom is -0.421 e. The van der Waals surface area contributed by atoms with Crippen LogP contribution in [0, 0.1) is 6.92 Å². The highest BCUT2D eigenvalue weighted by Gasteiger charge is 2.16. The van der Waals surface area contributed by atoms with Gasteiger partial charge in [-0.25, -0.2) is 13.1 Å². The molecule has 8 heteroatoms. The van der Waals surface area contributed by atoms with Gasteiger partial charge >= 0.3 is 0 Å². The van der Waals surface area contributed by atoms with Crippen LogP contribution in [0.25, 0.3) is 11.5 Å². The minimum atomic E-state index is -3.55. The summed E-state index contributed by atoms with van der Waals surface area (Å²) in [6, 6.07) is 10.4. The Morgan fingerprint density at radius 2 is 1.83 bits per heavy atom. The first kappa shape index (κ1) is 16.3. The second-order valence-electron chi connectivity index (χ2n) is 5.15. The zero-order chi connectivity index (χ0) is 17.0. The summed E-state index contributed by atoms with van der Waals surface area (Å²) in [4.78, 5) is 4.19. The van der Waals surface area contributed by atoms with Crippen molar-refractivity contribution in [2.75, 3.05) is 6.54 Å². The van der Waals surface area contributed by atoms with Crippen LogP contribution in [0.3, 0.4) is 0 Å². The molecule has 0 spiro atoms. The Balaban J connectivity index is 1.63. The van der Waals surface area contributed by atoms with Gasteiger partial charge in [-0.1, -0.05) is 18.2 Å². The van der Waals surface area contributed by atoms with Crippen molar-refractivity contribution in [2.24, 2.45) is 0 Å². The van der Waals surface area contributed by atoms with Crippen molar-refractivity contribution < 1.29 is 12.8 Å². The van der Waals surface area contributed by atoms with Gasteiger partial charge in [-0.05, 0) is 30.7 Å². The molecule has 124 valence electrons. The van der Waals surface area contributed by atoms with Gasteiger partial charge in [0.1, 0.15) is 0 Å². The highest BCUT2D eigenvalue weighted by molar-refractivity contribution is 7.89. The molecule has 2 aromatic heterocycles. The predicted octanol–water partition coefficient (Wildman–Crippen LogP) is 1.96. The molecule has 0 amide bonds. The third-order valence-corrected chi connectivity index (χ3v) is 5.03. The summed E-state index contributed by atoms with van der Waals surface area (Å²) in [5, 5.41) is 7.88. The molecule has 2 heterocycles. The maximum Gasteiger partial charge on any atom is 0.247 e. The molecule has 0 saturated heterocycles. The van der Waals surface area contributed by atoms with Gasteiger partial charge in [0.25, 0.3) is 0 Å². The number of hydrogen-bond donors (Lipinski definition) is 1. The topological polar surface area (TPSA) is 98.0 Å². The van der Waals surface area contributed by atoms with Crippen molar-refractivity contribution in [3.05, 3.63) is 60.2 Å². The van der Waals surface area contributed by atoms with Crippen molar-refractivity contribution in [1.82, 2.24) is 19.9 Å². The third-order valence-electron chi connectivity index (χ3n) is 3.41. The average Bonchev–Trinajstić information content (AvgIpc) is 3.05. The van der Waals surface area contributed by atoms with Crippen LogP contribution in [0.1, 0.15) is 11.5 Å². The zero-order valence-corrected chi connectivity index (χ0v) is 13.8. The monoisotopic (exact) mass is 344 g/mol. The summed E-state index contributed by atoms with van der Waals surface area (Å²) in [5.74, 6) is 0.753. The smallest absolute Gasteiger partial charge is 0.247 e. The van der Waals surface area contributed by atoms with Crippen LogP contribution < -0.4 is 4.72 Å². The average molecular weight is 344 g/mol. The van der Waals surface area contributed by atoms with Crippen LogP contribution in [-0.2, 0) is 16.4 Å². The molecule has 3 rings (SSSR count). The molecule has 1 N–H and O–H groups in total. The Labute approximate surface area is 139 Å². The maximum absolute atomic E-state index is 12.3. The Morgan fingerprint density at radius 1 is 1.08 bits per heavy atom. The van der Waals surface area contributed by atoms with E-state index in [1.807, 2.05) is 0 Å². The van der Waals surface area contributed by atoms with Crippen LogP contribution >= 0.6 is 0 Å². The number of rotatable bonds is 6. The van der Waals surface area contributed by atoms with E-state index < -0.39 is 10.0 Å². The number of pyridine rings is 1. The number of nitrogens with zero attached hydrogens (tertiary/aromatic N) is 3. The highest BCUT2D eigenvalue weighted by atomic mass is 32.2. The molecule has 0 atom stereocenters. The first-order chi connectivity index (χ1) is 11.6. The van der Waals surface area contributed by atoms with Crippen LogP contribution in [0.4, 0.5) is 0 Å². The Morgan fingerprint density at radius 3 is 2.58 bits per heavy atom. The van der Waals surface area contributed by atoms with E-state index in [4.69, 9.17) is 4.42 Å². The number of hydrogen-bond acceptors (Lipinski definition) is 6. The molecule has 0 bridgehead atoms. The minimum absolute atomic E-state index is 0.175. The lowest BCUT2D eigenvalue weighted by Gasteiger charge is -2.07. The van der Waals surface area contributed by atoms with E-state index >= 15 is 0 Å². The number of aryl methyl sites for hydroxylation is 1. The van der Waals surface area contributed by atoms with E-state index in [1.54, 1.807) is 55.7 Å². The van der Waals surface area contributed by atoms with Gasteiger partial charge in [0, 0.05) is 30.9 Å². The largest absolute Gasteiger partial charge is 0.421 e. The Hall–Kier alpha value is -2.58. The van der Waals surface area contributed by atoms with E-state index in [2.05, 4.69) is 19.9 Å². The molecule has 0 aliphatic rings. The molecule has 0 saturated carbocycles. The molecular formula is C16H16N4O3S. The molecule has 24 heavy (non-hydrogen) atoms. The summed E-state index contributed by atoms with van der Waals surface area (Å²) in [6.07, 6.45) is 3.58. The number of nitrogens with one attached hydrogen (secondary N) is 1. The lowest BCUT2D eigenvalue weighted by atomic mass is 10.2. The fourth-order valence-corrected chi connectivity index (χ4v) is 3.47. The standard InChI is InChI=1S/C16H16N4O3S/c1-12-4-2-3-5-14(12)24(21,22)18-11-8-15-19-20-16(23-15)13-6-9-17-10-7-13/h2-7,9-10,18H,8,11H2,1H3. The van der Waals surface area contributed by atoms with E-state index in [0.29, 0.717) is 23.8 Å². The van der Waals surface area contributed by atoms with Gasteiger partial charge in [0.15, 0.2) is 0 Å². The van der Waals surface area contributed by atoms with E-state index in [1.165, 1.54) is 0 Å². The van der Waals surface area contributed by atoms with Crippen LogP contribution in [0.5, 0.6) is 0 Å². The van der Waals surface area contributed by atoms with Gasteiger partial charge in [-0.3, -0.25) is 4.98 Å². The van der Waals surface area contributed by atoms with Crippen LogP contribution in [-0.4, -0.2) is 30.1 Å². The number of aromatic nitrogens is 3. The predicted molar refractivity (Wildman–Crippen MR) is 87.6 cm³/mol. The SMILES string of the molecule is Cc1ccccc1S(=O)(=O)NCCc1nnc(-c2ccncc2)o1.